The predicted octanol–water partition coefficient (Wildman–Crippen LogP) is 3.30. The number of hydrogen-bond acceptors (Lipinski definition) is 4. The number of rotatable bonds is 4. The number of hydrogen-bond donors (Lipinski definition) is 0. The minimum atomic E-state index is 0.178. The van der Waals surface area contributed by atoms with Gasteiger partial charge in [0.1, 0.15) is 5.75 Å². The lowest BCUT2D eigenvalue weighted by Gasteiger charge is -2.40. The number of carbonyl (C=O) groups excluding carboxylic acids is 1. The van der Waals surface area contributed by atoms with Crippen molar-refractivity contribution in [3.05, 3.63) is 46.7 Å². The number of thiophene rings is 1. The van der Waals surface area contributed by atoms with Gasteiger partial charge in [0.2, 0.25) is 5.91 Å². The fourth-order valence-corrected chi connectivity index (χ4v) is 3.21. The summed E-state index contributed by atoms with van der Waals surface area (Å²) in [5, 5.41) is 5.96. The molecule has 3 rings (SSSR count). The van der Waals surface area contributed by atoms with Crippen LogP contribution in [-0.2, 0) is 11.3 Å². The zero-order valence-electron chi connectivity index (χ0n) is 12.0. The largest absolute Gasteiger partial charge is 0.497 e. The monoisotopic (exact) mass is 302 g/mol. The Labute approximate surface area is 128 Å². The Morgan fingerprint density at radius 3 is 2.95 bits per heavy atom. The van der Waals surface area contributed by atoms with E-state index in [0.717, 1.165) is 24.4 Å². The Hall–Kier alpha value is -2.01. The van der Waals surface area contributed by atoms with Gasteiger partial charge < -0.3 is 4.74 Å². The van der Waals surface area contributed by atoms with Gasteiger partial charge in [0.05, 0.1) is 19.3 Å². The number of ether oxygens (including phenoxy) is 1. The number of carbonyl (C=O) groups is 1. The predicted molar refractivity (Wildman–Crippen MR) is 84.4 cm³/mol. The fourth-order valence-electron chi connectivity index (χ4n) is 2.53. The average molecular weight is 302 g/mol. The standard InChI is InChI=1S/C16H18N2O2S/c1-20-14-6-2-5-13(11-14)17-9-3-8-16(19)18(17)12-15-7-4-10-21-15/h2,4-7,10-11H,3,8-9,12H2,1H3. The number of nitrogens with zero attached hydrogens (tertiary/aromatic N) is 2. The van der Waals surface area contributed by atoms with Gasteiger partial charge in [-0.25, -0.2) is 5.01 Å². The van der Waals surface area contributed by atoms with Crippen LogP contribution in [0.25, 0.3) is 0 Å². The van der Waals surface area contributed by atoms with E-state index in [4.69, 9.17) is 4.74 Å². The van der Waals surface area contributed by atoms with E-state index in [1.54, 1.807) is 18.4 Å². The molecule has 0 atom stereocenters. The van der Waals surface area contributed by atoms with E-state index in [1.807, 2.05) is 40.7 Å². The second-order valence-electron chi connectivity index (χ2n) is 4.96. The Morgan fingerprint density at radius 1 is 1.29 bits per heavy atom. The van der Waals surface area contributed by atoms with Gasteiger partial charge in [-0.15, -0.1) is 11.3 Å². The van der Waals surface area contributed by atoms with Crippen molar-refractivity contribution in [1.82, 2.24) is 5.01 Å². The number of amides is 1. The molecule has 1 saturated heterocycles. The van der Waals surface area contributed by atoms with Gasteiger partial charge in [0, 0.05) is 23.9 Å². The van der Waals surface area contributed by atoms with Crippen LogP contribution in [-0.4, -0.2) is 24.6 Å². The Morgan fingerprint density at radius 2 is 2.19 bits per heavy atom. The van der Waals surface area contributed by atoms with Crippen molar-refractivity contribution in [1.29, 1.82) is 0 Å². The third-order valence-corrected chi connectivity index (χ3v) is 4.44. The molecule has 1 amide bonds. The molecule has 2 aromatic rings. The maximum absolute atomic E-state index is 12.3. The first-order chi connectivity index (χ1) is 10.3. The summed E-state index contributed by atoms with van der Waals surface area (Å²) in [6, 6.07) is 11.9. The summed E-state index contributed by atoms with van der Waals surface area (Å²) >= 11 is 1.68. The van der Waals surface area contributed by atoms with Crippen molar-refractivity contribution in [2.45, 2.75) is 19.4 Å². The van der Waals surface area contributed by atoms with Gasteiger partial charge in [-0.05, 0) is 30.0 Å². The Bertz CT molecular complexity index is 612. The van der Waals surface area contributed by atoms with Gasteiger partial charge in [-0.1, -0.05) is 12.1 Å². The summed E-state index contributed by atoms with van der Waals surface area (Å²) in [6.45, 7) is 1.48. The Balaban J connectivity index is 1.87. The van der Waals surface area contributed by atoms with Crippen LogP contribution in [0.1, 0.15) is 17.7 Å². The summed E-state index contributed by atoms with van der Waals surface area (Å²) in [5.41, 5.74) is 0.999. The normalized spacial score (nSPS) is 15.4. The second-order valence-corrected chi connectivity index (χ2v) is 5.99. The highest BCUT2D eigenvalue weighted by molar-refractivity contribution is 7.09. The summed E-state index contributed by atoms with van der Waals surface area (Å²) in [7, 11) is 1.66. The van der Waals surface area contributed by atoms with Crippen molar-refractivity contribution in [3.8, 4) is 5.75 Å². The van der Waals surface area contributed by atoms with Crippen molar-refractivity contribution in [2.75, 3.05) is 18.7 Å². The van der Waals surface area contributed by atoms with Gasteiger partial charge in [0.25, 0.3) is 0 Å². The van der Waals surface area contributed by atoms with E-state index in [1.165, 1.54) is 4.88 Å². The van der Waals surface area contributed by atoms with E-state index in [-0.39, 0.29) is 5.91 Å². The summed E-state index contributed by atoms with van der Waals surface area (Å²) in [6.07, 6.45) is 1.50. The van der Waals surface area contributed by atoms with E-state index in [0.29, 0.717) is 13.0 Å². The summed E-state index contributed by atoms with van der Waals surface area (Å²) in [4.78, 5) is 13.5. The molecule has 0 unspecified atom stereocenters. The molecular formula is C16H18N2O2S. The highest BCUT2D eigenvalue weighted by Crippen LogP contribution is 2.27. The molecule has 5 heteroatoms. The molecule has 1 aromatic heterocycles. The van der Waals surface area contributed by atoms with E-state index in [2.05, 4.69) is 11.1 Å². The molecule has 2 heterocycles. The molecule has 110 valence electrons. The first kappa shape index (κ1) is 13.9. The minimum absolute atomic E-state index is 0.178. The average Bonchev–Trinajstić information content (AvgIpc) is 3.02. The molecule has 0 N–H and O–H groups in total. The number of anilines is 1. The lowest BCUT2D eigenvalue weighted by atomic mass is 10.2. The van der Waals surface area contributed by atoms with E-state index < -0.39 is 0 Å². The molecule has 1 fully saturated rings. The van der Waals surface area contributed by atoms with Gasteiger partial charge in [-0.3, -0.25) is 9.80 Å². The molecule has 4 nitrogen and oxygen atoms in total. The highest BCUT2D eigenvalue weighted by atomic mass is 32.1. The van der Waals surface area contributed by atoms with E-state index in [9.17, 15) is 4.79 Å². The molecule has 0 saturated carbocycles. The van der Waals surface area contributed by atoms with Crippen LogP contribution in [0.2, 0.25) is 0 Å². The number of methoxy groups -OCH3 is 1. The molecule has 21 heavy (non-hydrogen) atoms. The van der Waals surface area contributed by atoms with Crippen molar-refractivity contribution in [3.63, 3.8) is 0 Å². The summed E-state index contributed by atoms with van der Waals surface area (Å²) < 4.78 is 5.29. The topological polar surface area (TPSA) is 32.8 Å². The first-order valence-corrected chi connectivity index (χ1v) is 7.90. The van der Waals surface area contributed by atoms with Crippen LogP contribution < -0.4 is 9.75 Å². The number of benzene rings is 1. The fraction of sp³-hybridized carbons (Fsp3) is 0.312. The maximum Gasteiger partial charge on any atom is 0.241 e. The quantitative estimate of drug-likeness (QED) is 0.868. The molecule has 0 spiro atoms. The van der Waals surface area contributed by atoms with Gasteiger partial charge in [-0.2, -0.15) is 0 Å². The number of hydrazine groups is 1. The van der Waals surface area contributed by atoms with E-state index >= 15 is 0 Å². The molecular weight excluding hydrogens is 284 g/mol. The van der Waals surface area contributed by atoms with Crippen LogP contribution >= 0.6 is 11.3 Å². The SMILES string of the molecule is COc1cccc(N2CCCC(=O)N2Cc2cccs2)c1. The molecule has 0 aliphatic carbocycles. The Kier molecular flexibility index (Phi) is 4.10. The van der Waals surface area contributed by atoms with Crippen LogP contribution in [0.15, 0.2) is 41.8 Å². The van der Waals surface area contributed by atoms with Gasteiger partial charge in [0.15, 0.2) is 0 Å². The van der Waals surface area contributed by atoms with Crippen LogP contribution in [0.4, 0.5) is 5.69 Å². The first-order valence-electron chi connectivity index (χ1n) is 7.02. The molecule has 1 aromatic carbocycles. The third-order valence-electron chi connectivity index (χ3n) is 3.58. The highest BCUT2D eigenvalue weighted by Gasteiger charge is 2.26. The van der Waals surface area contributed by atoms with Crippen molar-refractivity contribution < 1.29 is 9.53 Å². The molecule has 0 radical (unpaired) electrons. The lowest BCUT2D eigenvalue weighted by Crippen LogP contribution is -2.50. The van der Waals surface area contributed by atoms with Crippen LogP contribution in [0.5, 0.6) is 5.75 Å². The zero-order chi connectivity index (χ0) is 14.7. The second kappa shape index (κ2) is 6.18. The van der Waals surface area contributed by atoms with Crippen LogP contribution in [0, 0.1) is 0 Å². The molecule has 1 aliphatic heterocycles. The van der Waals surface area contributed by atoms with Crippen molar-refractivity contribution >= 4 is 22.9 Å². The van der Waals surface area contributed by atoms with Crippen LogP contribution in [0.3, 0.4) is 0 Å². The van der Waals surface area contributed by atoms with Gasteiger partial charge >= 0.3 is 0 Å². The third kappa shape index (κ3) is 3.03. The molecule has 0 bridgehead atoms. The minimum Gasteiger partial charge on any atom is -0.497 e. The molecule has 1 aliphatic rings. The lowest BCUT2D eigenvalue weighted by molar-refractivity contribution is -0.134. The van der Waals surface area contributed by atoms with Crippen molar-refractivity contribution in [2.24, 2.45) is 0 Å². The smallest absolute Gasteiger partial charge is 0.241 e. The maximum atomic E-state index is 12.3. The zero-order valence-corrected chi connectivity index (χ0v) is 12.8. The summed E-state index contributed by atoms with van der Waals surface area (Å²) in [5.74, 6) is 0.985.